The normalized spacial score (nSPS) is 26.2. The van der Waals surface area contributed by atoms with Gasteiger partial charge in [-0.1, -0.05) is 27.4 Å². The van der Waals surface area contributed by atoms with E-state index in [1.165, 1.54) is 12.8 Å². The quantitative estimate of drug-likeness (QED) is 0.715. The molecule has 1 aliphatic carbocycles. The maximum atomic E-state index is 11.5. The van der Waals surface area contributed by atoms with Crippen LogP contribution in [0.1, 0.15) is 53.4 Å². The lowest BCUT2D eigenvalue weighted by Crippen LogP contribution is -2.39. The third kappa shape index (κ3) is 3.66. The molecule has 1 rings (SSSR count). The number of rotatable bonds is 2. The third-order valence-corrected chi connectivity index (χ3v) is 3.67. The fourth-order valence-electron chi connectivity index (χ4n) is 2.41. The molecule has 92 valence electrons. The molecule has 0 bridgehead atoms. The van der Waals surface area contributed by atoms with Crippen LogP contribution in [0.2, 0.25) is 0 Å². The molecule has 1 fully saturated rings. The minimum Gasteiger partial charge on any atom is -0.350 e. The molecule has 2 heteroatoms. The molecule has 0 aliphatic heterocycles. The molecule has 16 heavy (non-hydrogen) atoms. The van der Waals surface area contributed by atoms with Gasteiger partial charge in [0, 0.05) is 11.6 Å². The Hall–Kier alpha value is -0.790. The lowest BCUT2D eigenvalue weighted by atomic mass is 9.71. The van der Waals surface area contributed by atoms with Gasteiger partial charge in [-0.25, -0.2) is 0 Å². The second kappa shape index (κ2) is 5.03. The van der Waals surface area contributed by atoms with Gasteiger partial charge in [-0.3, -0.25) is 4.79 Å². The maximum absolute atomic E-state index is 11.5. The monoisotopic (exact) mass is 223 g/mol. The summed E-state index contributed by atoms with van der Waals surface area (Å²) in [6, 6.07) is 0.364. The Morgan fingerprint density at radius 3 is 2.06 bits per heavy atom. The van der Waals surface area contributed by atoms with Crippen LogP contribution in [-0.2, 0) is 4.79 Å². The van der Waals surface area contributed by atoms with E-state index in [1.807, 2.05) is 0 Å². The number of carbonyl (C=O) groups excluding carboxylic acids is 1. The molecule has 0 aromatic rings. The van der Waals surface area contributed by atoms with Gasteiger partial charge in [0.25, 0.3) is 0 Å². The summed E-state index contributed by atoms with van der Waals surface area (Å²) in [7, 11) is 0. The van der Waals surface area contributed by atoms with Gasteiger partial charge in [0.2, 0.25) is 5.91 Å². The standard InChI is InChI=1S/C14H25NO/c1-10(2)13(16)15-12-8-6-11(7-9-12)14(3,4)5/h11-12H,1,6-9H2,2-5H3,(H,15,16). The van der Waals surface area contributed by atoms with Crippen LogP contribution in [-0.4, -0.2) is 11.9 Å². The van der Waals surface area contributed by atoms with E-state index in [-0.39, 0.29) is 5.91 Å². The summed E-state index contributed by atoms with van der Waals surface area (Å²) in [5.41, 5.74) is 1.02. The van der Waals surface area contributed by atoms with Gasteiger partial charge in [0.05, 0.1) is 0 Å². The number of nitrogens with one attached hydrogen (secondary N) is 1. The third-order valence-electron chi connectivity index (χ3n) is 3.67. The summed E-state index contributed by atoms with van der Waals surface area (Å²) < 4.78 is 0. The first-order valence-corrected chi connectivity index (χ1v) is 6.27. The predicted molar refractivity (Wildman–Crippen MR) is 68.2 cm³/mol. The van der Waals surface area contributed by atoms with Gasteiger partial charge >= 0.3 is 0 Å². The van der Waals surface area contributed by atoms with Crippen molar-refractivity contribution in [1.29, 1.82) is 0 Å². The van der Waals surface area contributed by atoms with Crippen LogP contribution in [0.25, 0.3) is 0 Å². The Morgan fingerprint density at radius 2 is 1.69 bits per heavy atom. The van der Waals surface area contributed by atoms with Crippen molar-refractivity contribution >= 4 is 5.91 Å². The average Bonchev–Trinajstić information content (AvgIpc) is 2.17. The van der Waals surface area contributed by atoms with Gasteiger partial charge in [-0.05, 0) is 43.9 Å². The molecule has 1 aliphatic rings. The van der Waals surface area contributed by atoms with Crippen molar-refractivity contribution in [3.05, 3.63) is 12.2 Å². The summed E-state index contributed by atoms with van der Waals surface area (Å²) >= 11 is 0. The van der Waals surface area contributed by atoms with E-state index in [9.17, 15) is 4.79 Å². The highest BCUT2D eigenvalue weighted by atomic mass is 16.1. The molecule has 0 heterocycles. The van der Waals surface area contributed by atoms with Crippen molar-refractivity contribution in [1.82, 2.24) is 5.32 Å². The topological polar surface area (TPSA) is 29.1 Å². The van der Waals surface area contributed by atoms with E-state index >= 15 is 0 Å². The Bertz CT molecular complexity index is 267. The molecule has 2 nitrogen and oxygen atoms in total. The van der Waals surface area contributed by atoms with Gasteiger partial charge in [0.1, 0.15) is 0 Å². The first kappa shape index (κ1) is 13.3. The zero-order chi connectivity index (χ0) is 12.3. The van der Waals surface area contributed by atoms with Crippen molar-refractivity contribution < 1.29 is 4.79 Å². The molecular formula is C14H25NO. The van der Waals surface area contributed by atoms with Crippen LogP contribution in [0, 0.1) is 11.3 Å². The summed E-state index contributed by atoms with van der Waals surface area (Å²) in [6.45, 7) is 12.4. The summed E-state index contributed by atoms with van der Waals surface area (Å²) in [5, 5.41) is 3.05. The van der Waals surface area contributed by atoms with Crippen molar-refractivity contribution in [3.8, 4) is 0 Å². The molecular weight excluding hydrogens is 198 g/mol. The fourth-order valence-corrected chi connectivity index (χ4v) is 2.41. The lowest BCUT2D eigenvalue weighted by Gasteiger charge is -2.37. The van der Waals surface area contributed by atoms with E-state index in [4.69, 9.17) is 0 Å². The molecule has 0 unspecified atom stereocenters. The smallest absolute Gasteiger partial charge is 0.246 e. The second-order valence-corrected chi connectivity index (χ2v) is 6.17. The Morgan fingerprint density at radius 1 is 1.19 bits per heavy atom. The molecule has 0 aromatic carbocycles. The molecule has 1 amide bonds. The highest BCUT2D eigenvalue weighted by Crippen LogP contribution is 2.37. The van der Waals surface area contributed by atoms with Gasteiger partial charge in [0.15, 0.2) is 0 Å². The van der Waals surface area contributed by atoms with Gasteiger partial charge < -0.3 is 5.32 Å². The molecule has 0 spiro atoms. The zero-order valence-corrected chi connectivity index (χ0v) is 11.1. The minimum absolute atomic E-state index is 0.0132. The van der Waals surface area contributed by atoms with Gasteiger partial charge in [-0.15, -0.1) is 0 Å². The largest absolute Gasteiger partial charge is 0.350 e. The number of hydrogen-bond acceptors (Lipinski definition) is 1. The van der Waals surface area contributed by atoms with Crippen molar-refractivity contribution in [2.45, 2.75) is 59.4 Å². The summed E-state index contributed by atoms with van der Waals surface area (Å²) in [4.78, 5) is 11.5. The van der Waals surface area contributed by atoms with Crippen LogP contribution >= 0.6 is 0 Å². The van der Waals surface area contributed by atoms with Crippen molar-refractivity contribution in [3.63, 3.8) is 0 Å². The van der Waals surface area contributed by atoms with E-state index in [0.29, 0.717) is 17.0 Å². The second-order valence-electron chi connectivity index (χ2n) is 6.17. The van der Waals surface area contributed by atoms with Crippen molar-refractivity contribution in [2.75, 3.05) is 0 Å². The van der Waals surface area contributed by atoms with Crippen LogP contribution in [0.3, 0.4) is 0 Å². The van der Waals surface area contributed by atoms with Gasteiger partial charge in [-0.2, -0.15) is 0 Å². The highest BCUT2D eigenvalue weighted by molar-refractivity contribution is 5.92. The molecule has 1 saturated carbocycles. The summed E-state index contributed by atoms with van der Waals surface area (Å²) in [6.07, 6.45) is 4.68. The van der Waals surface area contributed by atoms with Crippen LogP contribution in [0.15, 0.2) is 12.2 Å². The Labute approximate surface area is 99.5 Å². The van der Waals surface area contributed by atoms with E-state index in [1.54, 1.807) is 6.92 Å². The average molecular weight is 223 g/mol. The lowest BCUT2D eigenvalue weighted by molar-refractivity contribution is -0.118. The molecule has 0 atom stereocenters. The highest BCUT2D eigenvalue weighted by Gasteiger charge is 2.30. The Balaban J connectivity index is 2.38. The molecule has 0 aromatic heterocycles. The predicted octanol–water partition coefficient (Wildman–Crippen LogP) is 3.28. The summed E-state index contributed by atoms with van der Waals surface area (Å²) in [5.74, 6) is 0.810. The molecule has 1 N–H and O–H groups in total. The maximum Gasteiger partial charge on any atom is 0.246 e. The zero-order valence-electron chi connectivity index (χ0n) is 11.1. The number of hydrogen-bond donors (Lipinski definition) is 1. The first-order chi connectivity index (χ1) is 7.30. The van der Waals surface area contributed by atoms with E-state index < -0.39 is 0 Å². The van der Waals surface area contributed by atoms with E-state index in [0.717, 1.165) is 18.8 Å². The minimum atomic E-state index is 0.0132. The fraction of sp³-hybridized carbons (Fsp3) is 0.786. The van der Waals surface area contributed by atoms with Crippen LogP contribution in [0.4, 0.5) is 0 Å². The number of carbonyl (C=O) groups is 1. The Kier molecular flexibility index (Phi) is 4.17. The van der Waals surface area contributed by atoms with Crippen LogP contribution < -0.4 is 5.32 Å². The molecule has 0 saturated heterocycles. The number of amides is 1. The SMILES string of the molecule is C=C(C)C(=O)NC1CCC(C(C)(C)C)CC1. The molecule has 0 radical (unpaired) electrons. The van der Waals surface area contributed by atoms with Crippen LogP contribution in [0.5, 0.6) is 0 Å². The first-order valence-electron chi connectivity index (χ1n) is 6.27. The van der Waals surface area contributed by atoms with E-state index in [2.05, 4.69) is 32.7 Å². The van der Waals surface area contributed by atoms with Crippen molar-refractivity contribution in [2.24, 2.45) is 11.3 Å².